The monoisotopic (exact) mass is 296 g/mol. The van der Waals surface area contributed by atoms with Crippen LogP contribution in [0.1, 0.15) is 30.0 Å². The van der Waals surface area contributed by atoms with Crippen LogP contribution in [-0.2, 0) is 22.4 Å². The predicted octanol–water partition coefficient (Wildman–Crippen LogP) is 4.35. The highest BCUT2D eigenvalue weighted by Crippen LogP contribution is 2.18. The number of aryl methyl sites for hydroxylation is 2. The van der Waals surface area contributed by atoms with E-state index >= 15 is 0 Å². The SMILES string of the molecule is CCOC(=O)C(CCc1ccccc1)Cc1ccc(C)cc1. The summed E-state index contributed by atoms with van der Waals surface area (Å²) in [7, 11) is 0. The van der Waals surface area contributed by atoms with Gasteiger partial charge in [-0.3, -0.25) is 4.79 Å². The summed E-state index contributed by atoms with van der Waals surface area (Å²) in [6, 6.07) is 18.7. The molecule has 2 aromatic carbocycles. The molecular formula is C20H24O2. The molecule has 2 rings (SSSR count). The van der Waals surface area contributed by atoms with Gasteiger partial charge in [0.2, 0.25) is 0 Å². The van der Waals surface area contributed by atoms with Gasteiger partial charge in [-0.2, -0.15) is 0 Å². The molecule has 0 bridgehead atoms. The van der Waals surface area contributed by atoms with Crippen LogP contribution in [0.4, 0.5) is 0 Å². The number of hydrogen-bond acceptors (Lipinski definition) is 2. The number of rotatable bonds is 7. The lowest BCUT2D eigenvalue weighted by Crippen LogP contribution is -2.21. The highest BCUT2D eigenvalue weighted by atomic mass is 16.5. The Labute approximate surface area is 133 Å². The quantitative estimate of drug-likeness (QED) is 0.710. The van der Waals surface area contributed by atoms with E-state index in [0.717, 1.165) is 19.3 Å². The number of carbonyl (C=O) groups excluding carboxylic acids is 1. The van der Waals surface area contributed by atoms with Crippen LogP contribution in [0.25, 0.3) is 0 Å². The number of carbonyl (C=O) groups is 1. The lowest BCUT2D eigenvalue weighted by Gasteiger charge is -2.16. The van der Waals surface area contributed by atoms with Crippen LogP contribution in [0.3, 0.4) is 0 Å². The summed E-state index contributed by atoms with van der Waals surface area (Å²) in [5, 5.41) is 0. The van der Waals surface area contributed by atoms with E-state index < -0.39 is 0 Å². The van der Waals surface area contributed by atoms with Gasteiger partial charge in [0.25, 0.3) is 0 Å². The molecule has 0 saturated heterocycles. The molecule has 0 aliphatic heterocycles. The van der Waals surface area contributed by atoms with Gasteiger partial charge in [0.1, 0.15) is 0 Å². The minimum atomic E-state index is -0.0843. The topological polar surface area (TPSA) is 26.3 Å². The first-order chi connectivity index (χ1) is 10.7. The third-order valence-corrected chi connectivity index (χ3v) is 3.85. The summed E-state index contributed by atoms with van der Waals surface area (Å²) < 4.78 is 5.25. The summed E-state index contributed by atoms with van der Waals surface area (Å²) in [6.45, 7) is 4.37. The van der Waals surface area contributed by atoms with Gasteiger partial charge in [0.05, 0.1) is 12.5 Å². The molecular weight excluding hydrogens is 272 g/mol. The Kier molecular flexibility index (Phi) is 6.20. The third-order valence-electron chi connectivity index (χ3n) is 3.85. The van der Waals surface area contributed by atoms with Gasteiger partial charge in [-0.1, -0.05) is 60.2 Å². The fourth-order valence-electron chi connectivity index (χ4n) is 2.56. The summed E-state index contributed by atoms with van der Waals surface area (Å²) in [5.74, 6) is -0.165. The van der Waals surface area contributed by atoms with Gasteiger partial charge < -0.3 is 4.74 Å². The molecule has 0 spiro atoms. The molecule has 1 unspecified atom stereocenters. The summed E-state index contributed by atoms with van der Waals surface area (Å²) >= 11 is 0. The van der Waals surface area contributed by atoms with Crippen molar-refractivity contribution in [3.63, 3.8) is 0 Å². The molecule has 116 valence electrons. The maximum absolute atomic E-state index is 12.2. The van der Waals surface area contributed by atoms with Gasteiger partial charge in [0, 0.05) is 0 Å². The molecule has 0 fully saturated rings. The Bertz CT molecular complexity index is 572. The van der Waals surface area contributed by atoms with E-state index in [-0.39, 0.29) is 11.9 Å². The van der Waals surface area contributed by atoms with Crippen LogP contribution < -0.4 is 0 Å². The summed E-state index contributed by atoms with van der Waals surface area (Å²) in [6.07, 6.45) is 2.46. The van der Waals surface area contributed by atoms with Crippen LogP contribution in [-0.4, -0.2) is 12.6 Å². The van der Waals surface area contributed by atoms with E-state index in [1.807, 2.05) is 25.1 Å². The van der Waals surface area contributed by atoms with Crippen molar-refractivity contribution >= 4 is 5.97 Å². The molecule has 0 N–H and O–H groups in total. The molecule has 2 nitrogen and oxygen atoms in total. The normalized spacial score (nSPS) is 11.9. The van der Waals surface area contributed by atoms with Crippen LogP contribution in [0.15, 0.2) is 54.6 Å². The summed E-state index contributed by atoms with van der Waals surface area (Å²) in [5.41, 5.74) is 3.69. The average molecular weight is 296 g/mol. The fraction of sp³-hybridized carbons (Fsp3) is 0.350. The van der Waals surface area contributed by atoms with E-state index in [1.54, 1.807) is 0 Å². The number of ether oxygens (including phenoxy) is 1. The number of esters is 1. The van der Waals surface area contributed by atoms with Crippen molar-refractivity contribution in [3.8, 4) is 0 Å². The first-order valence-corrected chi connectivity index (χ1v) is 7.95. The average Bonchev–Trinajstić information content (AvgIpc) is 2.54. The fourth-order valence-corrected chi connectivity index (χ4v) is 2.56. The standard InChI is InChI=1S/C20H24O2/c1-3-22-20(21)19(14-13-17-7-5-4-6-8-17)15-18-11-9-16(2)10-12-18/h4-12,19H,3,13-15H2,1-2H3. The molecule has 0 aromatic heterocycles. The zero-order valence-electron chi connectivity index (χ0n) is 13.4. The predicted molar refractivity (Wildman–Crippen MR) is 89.8 cm³/mol. The Balaban J connectivity index is 2.02. The second-order valence-corrected chi connectivity index (χ2v) is 5.66. The van der Waals surface area contributed by atoms with Crippen molar-refractivity contribution in [1.29, 1.82) is 0 Å². The van der Waals surface area contributed by atoms with Crippen molar-refractivity contribution in [1.82, 2.24) is 0 Å². The Morgan fingerprint density at radius 1 is 1.00 bits per heavy atom. The minimum absolute atomic E-state index is 0.0807. The molecule has 0 heterocycles. The zero-order valence-corrected chi connectivity index (χ0v) is 13.4. The molecule has 0 amide bonds. The van der Waals surface area contributed by atoms with Crippen molar-refractivity contribution in [3.05, 3.63) is 71.3 Å². The van der Waals surface area contributed by atoms with Crippen molar-refractivity contribution in [2.75, 3.05) is 6.61 Å². The van der Waals surface area contributed by atoms with Gasteiger partial charge >= 0.3 is 5.97 Å². The first-order valence-electron chi connectivity index (χ1n) is 7.95. The van der Waals surface area contributed by atoms with Crippen LogP contribution in [0.5, 0.6) is 0 Å². The maximum Gasteiger partial charge on any atom is 0.309 e. The van der Waals surface area contributed by atoms with Crippen molar-refractivity contribution < 1.29 is 9.53 Å². The van der Waals surface area contributed by atoms with Gasteiger partial charge in [0.15, 0.2) is 0 Å². The summed E-state index contributed by atoms with van der Waals surface area (Å²) in [4.78, 5) is 12.2. The first kappa shape index (κ1) is 16.3. The largest absolute Gasteiger partial charge is 0.466 e. The van der Waals surface area contributed by atoms with Crippen molar-refractivity contribution in [2.45, 2.75) is 33.1 Å². The molecule has 0 radical (unpaired) electrons. The number of benzene rings is 2. The molecule has 0 aliphatic rings. The van der Waals surface area contributed by atoms with E-state index in [1.165, 1.54) is 16.7 Å². The smallest absolute Gasteiger partial charge is 0.309 e. The minimum Gasteiger partial charge on any atom is -0.466 e. The van der Waals surface area contributed by atoms with E-state index in [2.05, 4.69) is 43.3 Å². The number of hydrogen-bond donors (Lipinski definition) is 0. The molecule has 2 aromatic rings. The second-order valence-electron chi connectivity index (χ2n) is 5.66. The Morgan fingerprint density at radius 3 is 2.32 bits per heavy atom. The van der Waals surface area contributed by atoms with Crippen LogP contribution >= 0.6 is 0 Å². The van der Waals surface area contributed by atoms with E-state index in [0.29, 0.717) is 6.61 Å². The van der Waals surface area contributed by atoms with Gasteiger partial charge in [-0.25, -0.2) is 0 Å². The lowest BCUT2D eigenvalue weighted by molar-refractivity contribution is -0.148. The molecule has 2 heteroatoms. The second kappa shape index (κ2) is 8.38. The molecule has 0 aliphatic carbocycles. The molecule has 22 heavy (non-hydrogen) atoms. The highest BCUT2D eigenvalue weighted by molar-refractivity contribution is 5.72. The lowest BCUT2D eigenvalue weighted by atomic mass is 9.92. The third kappa shape index (κ3) is 5.03. The van der Waals surface area contributed by atoms with Crippen molar-refractivity contribution in [2.24, 2.45) is 5.92 Å². The molecule has 1 atom stereocenters. The Morgan fingerprint density at radius 2 is 1.68 bits per heavy atom. The zero-order chi connectivity index (χ0) is 15.8. The van der Waals surface area contributed by atoms with Crippen LogP contribution in [0.2, 0.25) is 0 Å². The van der Waals surface area contributed by atoms with E-state index in [4.69, 9.17) is 4.74 Å². The van der Waals surface area contributed by atoms with E-state index in [9.17, 15) is 4.79 Å². The highest BCUT2D eigenvalue weighted by Gasteiger charge is 2.20. The Hall–Kier alpha value is -2.09. The van der Waals surface area contributed by atoms with Gasteiger partial charge in [-0.15, -0.1) is 0 Å². The molecule has 0 saturated carbocycles. The maximum atomic E-state index is 12.2. The van der Waals surface area contributed by atoms with Gasteiger partial charge in [-0.05, 0) is 44.2 Å². The van der Waals surface area contributed by atoms with Crippen LogP contribution in [0, 0.1) is 12.8 Å².